The van der Waals surface area contributed by atoms with Crippen molar-refractivity contribution in [2.24, 2.45) is 0 Å². The van der Waals surface area contributed by atoms with Crippen LogP contribution in [0.1, 0.15) is 0 Å². The Morgan fingerprint density at radius 1 is 0.458 bits per heavy atom. The van der Waals surface area contributed by atoms with E-state index in [1.807, 2.05) is 0 Å². The van der Waals surface area contributed by atoms with E-state index in [4.69, 9.17) is 37.9 Å². The molecule has 0 saturated carbocycles. The second-order valence-corrected chi connectivity index (χ2v) is 4.94. The molecule has 0 aliphatic carbocycles. The van der Waals surface area contributed by atoms with E-state index in [1.54, 1.807) is 28.4 Å². The lowest BCUT2D eigenvalue weighted by Gasteiger charge is -2.27. The normalized spacial score (nSPS) is 14.0. The van der Waals surface area contributed by atoms with Gasteiger partial charge < -0.3 is 37.9 Å². The van der Waals surface area contributed by atoms with E-state index >= 15 is 0 Å². The van der Waals surface area contributed by atoms with Crippen molar-refractivity contribution in [3.05, 3.63) is 0 Å². The standard InChI is InChI=1S/C16H34O8/c1-17-5-9-21-13-15(23-11-7-19-3)16(24-12-8-20-4)14-22-10-6-18-2/h15-16H,5-14H2,1-4H3. The SMILES string of the molecule is COCCOCC(OCCOC)C(COCCOC)OCCOC. The first-order valence-electron chi connectivity index (χ1n) is 8.14. The smallest absolute Gasteiger partial charge is 0.109 e. The van der Waals surface area contributed by atoms with Crippen LogP contribution in [0.4, 0.5) is 0 Å². The Morgan fingerprint density at radius 3 is 1.12 bits per heavy atom. The summed E-state index contributed by atoms with van der Waals surface area (Å²) in [7, 11) is 6.54. The minimum absolute atomic E-state index is 0.267. The van der Waals surface area contributed by atoms with Crippen LogP contribution >= 0.6 is 0 Å². The third-order valence-corrected chi connectivity index (χ3v) is 3.08. The molecule has 0 aromatic rings. The monoisotopic (exact) mass is 354 g/mol. The van der Waals surface area contributed by atoms with E-state index in [9.17, 15) is 0 Å². The fourth-order valence-corrected chi connectivity index (χ4v) is 1.77. The van der Waals surface area contributed by atoms with Gasteiger partial charge in [0.05, 0.1) is 66.1 Å². The fourth-order valence-electron chi connectivity index (χ4n) is 1.77. The molecule has 2 atom stereocenters. The molecule has 0 aromatic heterocycles. The Hall–Kier alpha value is -0.320. The zero-order valence-corrected chi connectivity index (χ0v) is 15.5. The maximum atomic E-state index is 5.84. The van der Waals surface area contributed by atoms with Crippen molar-refractivity contribution in [1.29, 1.82) is 0 Å². The fraction of sp³-hybridized carbons (Fsp3) is 1.00. The van der Waals surface area contributed by atoms with Gasteiger partial charge in [-0.15, -0.1) is 0 Å². The minimum atomic E-state index is -0.267. The van der Waals surface area contributed by atoms with Gasteiger partial charge in [-0.1, -0.05) is 0 Å². The summed E-state index contributed by atoms with van der Waals surface area (Å²) in [6.45, 7) is 4.75. The Kier molecular flexibility index (Phi) is 18.8. The molecule has 8 heteroatoms. The average molecular weight is 354 g/mol. The molecule has 0 aliphatic heterocycles. The van der Waals surface area contributed by atoms with Crippen molar-refractivity contribution in [2.45, 2.75) is 12.2 Å². The first-order valence-corrected chi connectivity index (χ1v) is 8.14. The van der Waals surface area contributed by atoms with Crippen LogP contribution in [0.25, 0.3) is 0 Å². The predicted molar refractivity (Wildman–Crippen MR) is 88.6 cm³/mol. The van der Waals surface area contributed by atoms with E-state index in [0.717, 1.165) is 0 Å². The first kappa shape index (κ1) is 23.7. The first-order chi connectivity index (χ1) is 11.8. The highest BCUT2D eigenvalue weighted by Gasteiger charge is 2.24. The van der Waals surface area contributed by atoms with E-state index in [0.29, 0.717) is 66.1 Å². The molecule has 0 heterocycles. The Morgan fingerprint density at radius 2 is 0.792 bits per heavy atom. The van der Waals surface area contributed by atoms with Gasteiger partial charge in [0.1, 0.15) is 12.2 Å². The third kappa shape index (κ3) is 14.1. The zero-order valence-electron chi connectivity index (χ0n) is 15.5. The van der Waals surface area contributed by atoms with Gasteiger partial charge in [-0.2, -0.15) is 0 Å². The van der Waals surface area contributed by atoms with Crippen LogP contribution in [-0.2, 0) is 37.9 Å². The molecule has 0 saturated heterocycles. The Bertz CT molecular complexity index is 218. The summed E-state index contributed by atoms with van der Waals surface area (Å²) >= 11 is 0. The zero-order chi connectivity index (χ0) is 17.9. The van der Waals surface area contributed by atoms with Crippen molar-refractivity contribution >= 4 is 0 Å². The molecule has 146 valence electrons. The lowest BCUT2D eigenvalue weighted by Crippen LogP contribution is -2.40. The molecular weight excluding hydrogens is 320 g/mol. The molecule has 0 aliphatic rings. The topological polar surface area (TPSA) is 73.8 Å². The lowest BCUT2D eigenvalue weighted by atomic mass is 10.2. The molecule has 0 amide bonds. The van der Waals surface area contributed by atoms with Crippen molar-refractivity contribution in [1.82, 2.24) is 0 Å². The van der Waals surface area contributed by atoms with Gasteiger partial charge in [-0.25, -0.2) is 0 Å². The molecular formula is C16H34O8. The number of rotatable bonds is 19. The van der Waals surface area contributed by atoms with Crippen molar-refractivity contribution in [3.63, 3.8) is 0 Å². The van der Waals surface area contributed by atoms with Gasteiger partial charge >= 0.3 is 0 Å². The molecule has 0 rings (SSSR count). The van der Waals surface area contributed by atoms with Gasteiger partial charge in [-0.3, -0.25) is 0 Å². The van der Waals surface area contributed by atoms with Gasteiger partial charge in [0.2, 0.25) is 0 Å². The number of hydrogen-bond donors (Lipinski definition) is 0. The number of ether oxygens (including phenoxy) is 8. The second-order valence-electron chi connectivity index (χ2n) is 4.94. The summed E-state index contributed by atoms with van der Waals surface area (Å²) < 4.78 is 42.9. The van der Waals surface area contributed by atoms with Crippen LogP contribution < -0.4 is 0 Å². The summed E-state index contributed by atoms with van der Waals surface area (Å²) in [5.41, 5.74) is 0. The second kappa shape index (κ2) is 19.0. The molecule has 0 radical (unpaired) electrons. The Balaban J connectivity index is 4.45. The molecule has 0 aromatic carbocycles. The van der Waals surface area contributed by atoms with Crippen LogP contribution in [0.2, 0.25) is 0 Å². The number of hydrogen-bond acceptors (Lipinski definition) is 8. The highest BCUT2D eigenvalue weighted by atomic mass is 16.6. The van der Waals surface area contributed by atoms with Crippen LogP contribution in [0.3, 0.4) is 0 Å². The van der Waals surface area contributed by atoms with Crippen molar-refractivity contribution in [2.75, 3.05) is 94.5 Å². The van der Waals surface area contributed by atoms with Gasteiger partial charge in [0.25, 0.3) is 0 Å². The van der Waals surface area contributed by atoms with Gasteiger partial charge in [-0.05, 0) is 0 Å². The van der Waals surface area contributed by atoms with Crippen LogP contribution in [0, 0.1) is 0 Å². The van der Waals surface area contributed by atoms with Crippen molar-refractivity contribution in [3.8, 4) is 0 Å². The Labute approximate surface area is 145 Å². The third-order valence-electron chi connectivity index (χ3n) is 3.08. The van der Waals surface area contributed by atoms with E-state index in [2.05, 4.69) is 0 Å². The summed E-state index contributed by atoms with van der Waals surface area (Å²) in [4.78, 5) is 0. The predicted octanol–water partition coefficient (Wildman–Crippen LogP) is 0.376. The van der Waals surface area contributed by atoms with E-state index in [-0.39, 0.29) is 12.2 Å². The minimum Gasteiger partial charge on any atom is -0.382 e. The molecule has 24 heavy (non-hydrogen) atoms. The summed E-state index contributed by atoms with van der Waals surface area (Å²) in [5, 5.41) is 0. The molecule has 0 bridgehead atoms. The quantitative estimate of drug-likeness (QED) is 0.308. The highest BCUT2D eigenvalue weighted by molar-refractivity contribution is 4.71. The van der Waals surface area contributed by atoms with E-state index < -0.39 is 0 Å². The van der Waals surface area contributed by atoms with Crippen LogP contribution in [-0.4, -0.2) is 107 Å². The maximum Gasteiger partial charge on any atom is 0.109 e. The highest BCUT2D eigenvalue weighted by Crippen LogP contribution is 2.08. The van der Waals surface area contributed by atoms with Crippen LogP contribution in [0.5, 0.6) is 0 Å². The van der Waals surface area contributed by atoms with Gasteiger partial charge in [0, 0.05) is 28.4 Å². The van der Waals surface area contributed by atoms with Gasteiger partial charge in [0.15, 0.2) is 0 Å². The van der Waals surface area contributed by atoms with Crippen LogP contribution in [0.15, 0.2) is 0 Å². The number of methoxy groups -OCH3 is 4. The molecule has 0 spiro atoms. The largest absolute Gasteiger partial charge is 0.382 e. The molecule has 2 unspecified atom stereocenters. The van der Waals surface area contributed by atoms with E-state index in [1.165, 1.54) is 0 Å². The van der Waals surface area contributed by atoms with Crippen molar-refractivity contribution < 1.29 is 37.9 Å². The summed E-state index contributed by atoms with van der Waals surface area (Å²) in [6.07, 6.45) is -0.534. The maximum absolute atomic E-state index is 5.84. The molecule has 0 fully saturated rings. The average Bonchev–Trinajstić information content (AvgIpc) is 2.59. The lowest BCUT2D eigenvalue weighted by molar-refractivity contribution is -0.139. The molecule has 8 nitrogen and oxygen atoms in total. The summed E-state index contributed by atoms with van der Waals surface area (Å²) in [5.74, 6) is 0. The summed E-state index contributed by atoms with van der Waals surface area (Å²) in [6, 6.07) is 0. The molecule has 0 N–H and O–H groups in total.